The minimum atomic E-state index is 0.0186. The van der Waals surface area contributed by atoms with Crippen LogP contribution in [-0.4, -0.2) is 22.3 Å². The number of halogens is 1. The van der Waals surface area contributed by atoms with Crippen LogP contribution in [0.5, 0.6) is 0 Å². The molecule has 0 N–H and O–H groups in total. The van der Waals surface area contributed by atoms with Crippen LogP contribution in [0.3, 0.4) is 0 Å². The van der Waals surface area contributed by atoms with Crippen LogP contribution in [0.2, 0.25) is 0 Å². The van der Waals surface area contributed by atoms with Gasteiger partial charge >= 0.3 is 0 Å². The number of hydrogen-bond acceptors (Lipinski definition) is 2. The molecule has 1 aliphatic heterocycles. The summed E-state index contributed by atoms with van der Waals surface area (Å²) in [6, 6.07) is 6.02. The molecule has 0 bridgehead atoms. The van der Waals surface area contributed by atoms with Crippen molar-refractivity contribution in [1.29, 1.82) is 0 Å². The molecule has 0 atom stereocenters. The molecule has 0 radical (unpaired) electrons. The van der Waals surface area contributed by atoms with Crippen molar-refractivity contribution < 1.29 is 4.79 Å². The number of nitrogens with zero attached hydrogens (tertiary/aromatic N) is 2. The molecule has 1 amide bonds. The van der Waals surface area contributed by atoms with E-state index in [4.69, 9.17) is 4.98 Å². The Kier molecular flexibility index (Phi) is 3.57. The highest BCUT2D eigenvalue weighted by atomic mass is 79.9. The van der Waals surface area contributed by atoms with Crippen molar-refractivity contribution in [2.45, 2.75) is 40.0 Å². The van der Waals surface area contributed by atoms with Crippen molar-refractivity contribution in [3.8, 4) is 0 Å². The summed E-state index contributed by atoms with van der Waals surface area (Å²) in [4.78, 5) is 20.1. The van der Waals surface area contributed by atoms with Gasteiger partial charge < -0.3 is 4.90 Å². The molecular formula is C20H21BrN2O. The normalized spacial score (nSPS) is 18.1. The van der Waals surface area contributed by atoms with Crippen molar-refractivity contribution in [1.82, 2.24) is 9.88 Å². The Labute approximate surface area is 150 Å². The number of hydrogen-bond donors (Lipinski definition) is 0. The Morgan fingerprint density at radius 2 is 2.08 bits per heavy atom. The van der Waals surface area contributed by atoms with E-state index in [1.54, 1.807) is 0 Å². The molecule has 2 heterocycles. The van der Waals surface area contributed by atoms with Crippen LogP contribution in [0.15, 0.2) is 28.7 Å². The molecule has 0 spiro atoms. The molecule has 3 nitrogen and oxygen atoms in total. The van der Waals surface area contributed by atoms with Crippen LogP contribution >= 0.6 is 15.9 Å². The fraction of sp³-hybridized carbons (Fsp3) is 0.400. The number of allylic oxidation sites excluding steroid dienone is 1. The highest BCUT2D eigenvalue weighted by Crippen LogP contribution is 2.46. The van der Waals surface area contributed by atoms with Crippen LogP contribution in [0.1, 0.15) is 55.2 Å². The van der Waals surface area contributed by atoms with E-state index in [9.17, 15) is 4.79 Å². The monoisotopic (exact) mass is 384 g/mol. The maximum atomic E-state index is 13.2. The molecule has 24 heavy (non-hydrogen) atoms. The molecule has 2 aromatic rings. The predicted molar refractivity (Wildman–Crippen MR) is 101 cm³/mol. The highest BCUT2D eigenvalue weighted by Gasteiger charge is 2.41. The number of pyridine rings is 1. The van der Waals surface area contributed by atoms with Gasteiger partial charge in [0.2, 0.25) is 0 Å². The SMILES string of the molecule is CCCCN1C(=O)c2c3c(nc4ccc(Br)cc24)CC(C)(C)C=C31. The van der Waals surface area contributed by atoms with Gasteiger partial charge in [0.25, 0.3) is 5.91 Å². The van der Waals surface area contributed by atoms with E-state index in [1.807, 2.05) is 23.1 Å². The Balaban J connectivity index is 2.02. The second kappa shape index (κ2) is 5.41. The van der Waals surface area contributed by atoms with Crippen LogP contribution in [0.4, 0.5) is 0 Å². The Morgan fingerprint density at radius 1 is 1.29 bits per heavy atom. The quantitative estimate of drug-likeness (QED) is 0.730. The summed E-state index contributed by atoms with van der Waals surface area (Å²) in [6.45, 7) is 7.38. The lowest BCUT2D eigenvalue weighted by Gasteiger charge is -2.30. The van der Waals surface area contributed by atoms with Gasteiger partial charge in [0.1, 0.15) is 0 Å². The van der Waals surface area contributed by atoms with Crippen molar-refractivity contribution in [3.63, 3.8) is 0 Å². The molecule has 124 valence electrons. The topological polar surface area (TPSA) is 33.2 Å². The Bertz CT molecular complexity index is 898. The van der Waals surface area contributed by atoms with Gasteiger partial charge in [-0.05, 0) is 36.5 Å². The van der Waals surface area contributed by atoms with Gasteiger partial charge in [0, 0.05) is 22.0 Å². The lowest BCUT2D eigenvalue weighted by molar-refractivity contribution is 0.0850. The van der Waals surface area contributed by atoms with Crippen molar-refractivity contribution in [3.05, 3.63) is 45.6 Å². The van der Waals surface area contributed by atoms with Crippen LogP contribution in [-0.2, 0) is 6.42 Å². The summed E-state index contributed by atoms with van der Waals surface area (Å²) in [5.74, 6) is 0.133. The first-order valence-electron chi connectivity index (χ1n) is 8.58. The molecule has 0 saturated heterocycles. The average molecular weight is 385 g/mol. The first-order valence-corrected chi connectivity index (χ1v) is 9.38. The summed E-state index contributed by atoms with van der Waals surface area (Å²) in [6.07, 6.45) is 5.24. The summed E-state index contributed by atoms with van der Waals surface area (Å²) in [5, 5.41) is 0.956. The van der Waals surface area contributed by atoms with Gasteiger partial charge in [0.05, 0.1) is 22.5 Å². The van der Waals surface area contributed by atoms with Crippen LogP contribution in [0.25, 0.3) is 16.6 Å². The number of amides is 1. The number of unbranched alkanes of at least 4 members (excludes halogenated alkanes) is 1. The summed E-state index contributed by atoms with van der Waals surface area (Å²) in [5.41, 5.74) is 4.98. The van der Waals surface area contributed by atoms with Gasteiger partial charge in [-0.15, -0.1) is 0 Å². The largest absolute Gasteiger partial charge is 0.308 e. The third kappa shape index (κ3) is 2.31. The third-order valence-corrected chi connectivity index (χ3v) is 5.41. The summed E-state index contributed by atoms with van der Waals surface area (Å²) in [7, 11) is 0. The summed E-state index contributed by atoms with van der Waals surface area (Å²) < 4.78 is 0.981. The maximum absolute atomic E-state index is 13.2. The lowest BCUT2D eigenvalue weighted by Crippen LogP contribution is -2.27. The van der Waals surface area contributed by atoms with Gasteiger partial charge in [-0.25, -0.2) is 0 Å². The van der Waals surface area contributed by atoms with E-state index in [1.165, 1.54) is 0 Å². The molecule has 0 unspecified atom stereocenters. The first-order chi connectivity index (χ1) is 11.4. The molecule has 1 aromatic carbocycles. The molecule has 4 heteroatoms. The molecule has 1 aliphatic carbocycles. The van der Waals surface area contributed by atoms with Crippen LogP contribution in [0, 0.1) is 5.41 Å². The highest BCUT2D eigenvalue weighted by molar-refractivity contribution is 9.10. The van der Waals surface area contributed by atoms with E-state index in [2.05, 4.69) is 42.8 Å². The van der Waals surface area contributed by atoms with Crippen molar-refractivity contribution >= 4 is 38.4 Å². The molecule has 1 aromatic heterocycles. The zero-order valence-electron chi connectivity index (χ0n) is 14.3. The second-order valence-corrected chi connectivity index (χ2v) is 8.39. The molecular weight excluding hydrogens is 364 g/mol. The first kappa shape index (κ1) is 15.8. The van der Waals surface area contributed by atoms with Crippen molar-refractivity contribution in [2.24, 2.45) is 5.41 Å². The van der Waals surface area contributed by atoms with E-state index in [0.29, 0.717) is 0 Å². The maximum Gasteiger partial charge on any atom is 0.259 e. The van der Waals surface area contributed by atoms with Crippen molar-refractivity contribution in [2.75, 3.05) is 6.54 Å². The van der Waals surface area contributed by atoms with E-state index in [-0.39, 0.29) is 11.3 Å². The number of rotatable bonds is 3. The molecule has 2 aliphatic rings. The lowest BCUT2D eigenvalue weighted by atomic mass is 9.79. The minimum Gasteiger partial charge on any atom is -0.308 e. The number of aromatic nitrogens is 1. The second-order valence-electron chi connectivity index (χ2n) is 7.48. The van der Waals surface area contributed by atoms with Gasteiger partial charge in [0.15, 0.2) is 0 Å². The molecule has 0 saturated carbocycles. The summed E-state index contributed by atoms with van der Waals surface area (Å²) >= 11 is 3.53. The van der Waals surface area contributed by atoms with E-state index >= 15 is 0 Å². The smallest absolute Gasteiger partial charge is 0.259 e. The fourth-order valence-electron chi connectivity index (χ4n) is 3.83. The Hall–Kier alpha value is -1.68. The van der Waals surface area contributed by atoms with E-state index < -0.39 is 0 Å². The Morgan fingerprint density at radius 3 is 2.83 bits per heavy atom. The zero-order chi connectivity index (χ0) is 17.1. The fourth-order valence-corrected chi connectivity index (χ4v) is 4.19. The standard InChI is InChI=1S/C20H21BrN2O/c1-4-5-8-23-16-11-20(2,3)10-15-18(16)17(19(23)24)13-9-12(21)6-7-14(13)22-15/h6-7,9,11H,4-5,8,10H2,1-3H3. The average Bonchev–Trinajstić information content (AvgIpc) is 2.78. The number of benzene rings is 1. The zero-order valence-corrected chi connectivity index (χ0v) is 15.9. The van der Waals surface area contributed by atoms with Gasteiger partial charge in [-0.2, -0.15) is 0 Å². The molecule has 4 rings (SSSR count). The van der Waals surface area contributed by atoms with Crippen LogP contribution < -0.4 is 0 Å². The third-order valence-electron chi connectivity index (χ3n) is 4.91. The number of fused-ring (bicyclic) bond motifs is 2. The molecule has 0 fully saturated rings. The van der Waals surface area contributed by atoms with E-state index in [0.717, 1.165) is 63.7 Å². The number of carbonyl (C=O) groups is 1. The van der Waals surface area contributed by atoms with Gasteiger partial charge in [-0.1, -0.05) is 49.2 Å². The van der Waals surface area contributed by atoms with Gasteiger partial charge in [-0.3, -0.25) is 9.78 Å². The minimum absolute atomic E-state index is 0.0186. The predicted octanol–water partition coefficient (Wildman–Crippen LogP) is 5.18. The number of carbonyl (C=O) groups excluding carboxylic acids is 1.